The van der Waals surface area contributed by atoms with Crippen molar-refractivity contribution in [1.82, 2.24) is 0 Å². The molecule has 7 heteroatoms. The van der Waals surface area contributed by atoms with E-state index in [0.717, 1.165) is 17.8 Å². The minimum atomic E-state index is -0.575. The maximum Gasteiger partial charge on any atom is 0.321 e. The lowest BCUT2D eigenvalue weighted by Crippen LogP contribution is -2.11. The largest absolute Gasteiger partial charge is 0.424 e. The highest BCUT2D eigenvalue weighted by atomic mass is 35.5. The lowest BCUT2D eigenvalue weighted by Gasteiger charge is -2.07. The lowest BCUT2D eigenvalue weighted by atomic mass is 10.1. The molecule has 0 unspecified atom stereocenters. The summed E-state index contributed by atoms with van der Waals surface area (Å²) in [6, 6.07) is 8.60. The van der Waals surface area contributed by atoms with E-state index in [2.05, 4.69) is 0 Å². The topological polar surface area (TPSA) is 43.4 Å². The summed E-state index contributed by atoms with van der Waals surface area (Å²) >= 11 is 12.6. The Balaban J connectivity index is 1.98. The standard InChI is InChI=1S/C16H11Cl2FO3S/c1-9(20)10-2-5-15(13(19)6-10)23-8-16(21)22-14-4-3-11(17)7-12(14)18/h2-7H,8H2,1H3. The smallest absolute Gasteiger partial charge is 0.321 e. The summed E-state index contributed by atoms with van der Waals surface area (Å²) in [6.07, 6.45) is 0. The SMILES string of the molecule is CC(=O)c1ccc(SCC(=O)Oc2ccc(Cl)cc2Cl)c(F)c1. The van der Waals surface area contributed by atoms with Gasteiger partial charge in [0.2, 0.25) is 0 Å². The Morgan fingerprint density at radius 1 is 1.17 bits per heavy atom. The van der Waals surface area contributed by atoms with Gasteiger partial charge in [0, 0.05) is 15.5 Å². The lowest BCUT2D eigenvalue weighted by molar-refractivity contribution is -0.131. The first kappa shape index (κ1) is 17.8. The van der Waals surface area contributed by atoms with Crippen LogP contribution in [0.1, 0.15) is 17.3 Å². The van der Waals surface area contributed by atoms with Gasteiger partial charge in [-0.1, -0.05) is 29.3 Å². The molecular weight excluding hydrogens is 362 g/mol. The van der Waals surface area contributed by atoms with Crippen LogP contribution in [0.25, 0.3) is 0 Å². The first-order valence-electron chi connectivity index (χ1n) is 6.46. The minimum Gasteiger partial charge on any atom is -0.424 e. The van der Waals surface area contributed by atoms with Gasteiger partial charge in [0.1, 0.15) is 11.6 Å². The van der Waals surface area contributed by atoms with Crippen LogP contribution in [-0.2, 0) is 4.79 Å². The molecule has 0 N–H and O–H groups in total. The number of ether oxygens (including phenoxy) is 1. The molecule has 0 aromatic heterocycles. The van der Waals surface area contributed by atoms with E-state index in [9.17, 15) is 14.0 Å². The molecule has 0 atom stereocenters. The number of hydrogen-bond acceptors (Lipinski definition) is 4. The highest BCUT2D eigenvalue weighted by Crippen LogP contribution is 2.28. The van der Waals surface area contributed by atoms with Crippen LogP contribution in [-0.4, -0.2) is 17.5 Å². The Morgan fingerprint density at radius 2 is 1.91 bits per heavy atom. The molecule has 0 saturated heterocycles. The third-order valence-electron chi connectivity index (χ3n) is 2.80. The van der Waals surface area contributed by atoms with Crippen molar-refractivity contribution in [3.8, 4) is 5.75 Å². The van der Waals surface area contributed by atoms with Crippen LogP contribution in [0, 0.1) is 5.82 Å². The molecule has 0 saturated carbocycles. The van der Waals surface area contributed by atoms with Crippen LogP contribution in [0.5, 0.6) is 5.75 Å². The molecule has 0 aliphatic carbocycles. The number of hydrogen-bond donors (Lipinski definition) is 0. The third kappa shape index (κ3) is 4.96. The van der Waals surface area contributed by atoms with Crippen LogP contribution in [0.4, 0.5) is 4.39 Å². The third-order valence-corrected chi connectivity index (χ3v) is 4.35. The van der Waals surface area contributed by atoms with E-state index in [1.54, 1.807) is 6.07 Å². The number of carbonyl (C=O) groups excluding carboxylic acids is 2. The van der Waals surface area contributed by atoms with Crippen molar-refractivity contribution in [2.75, 3.05) is 5.75 Å². The molecule has 0 heterocycles. The van der Waals surface area contributed by atoms with Crippen LogP contribution >= 0.6 is 35.0 Å². The van der Waals surface area contributed by atoms with Crippen molar-refractivity contribution in [1.29, 1.82) is 0 Å². The molecule has 0 fully saturated rings. The second-order valence-electron chi connectivity index (χ2n) is 4.54. The zero-order valence-corrected chi connectivity index (χ0v) is 14.3. The summed E-state index contributed by atoms with van der Waals surface area (Å²) < 4.78 is 18.9. The van der Waals surface area contributed by atoms with Gasteiger partial charge in [0.05, 0.1) is 10.8 Å². The van der Waals surface area contributed by atoms with E-state index in [1.807, 2.05) is 0 Å². The predicted octanol–water partition coefficient (Wildman–Crippen LogP) is 5.03. The first-order valence-corrected chi connectivity index (χ1v) is 8.20. The number of thioether (sulfide) groups is 1. The molecule has 120 valence electrons. The summed E-state index contributed by atoms with van der Waals surface area (Å²) in [7, 11) is 0. The van der Waals surface area contributed by atoms with Gasteiger partial charge in [-0.25, -0.2) is 4.39 Å². The van der Waals surface area contributed by atoms with E-state index in [-0.39, 0.29) is 32.8 Å². The van der Waals surface area contributed by atoms with Gasteiger partial charge in [0.15, 0.2) is 5.78 Å². The van der Waals surface area contributed by atoms with Crippen molar-refractivity contribution in [2.24, 2.45) is 0 Å². The Kier molecular flexibility index (Phi) is 6.04. The van der Waals surface area contributed by atoms with Crippen molar-refractivity contribution < 1.29 is 18.7 Å². The van der Waals surface area contributed by atoms with Gasteiger partial charge in [0.25, 0.3) is 0 Å². The molecule has 0 bridgehead atoms. The summed E-state index contributed by atoms with van der Waals surface area (Å²) in [5.74, 6) is -1.27. The van der Waals surface area contributed by atoms with Gasteiger partial charge in [-0.05, 0) is 37.3 Å². The van der Waals surface area contributed by atoms with E-state index in [0.29, 0.717) is 5.02 Å². The normalized spacial score (nSPS) is 10.4. The number of halogens is 3. The first-order chi connectivity index (χ1) is 10.9. The van der Waals surface area contributed by atoms with E-state index >= 15 is 0 Å². The van der Waals surface area contributed by atoms with Gasteiger partial charge in [-0.15, -0.1) is 11.8 Å². The van der Waals surface area contributed by atoms with Crippen LogP contribution in [0.3, 0.4) is 0 Å². The summed E-state index contributed by atoms with van der Waals surface area (Å²) in [6.45, 7) is 1.36. The van der Waals surface area contributed by atoms with E-state index in [1.165, 1.54) is 31.2 Å². The summed E-state index contributed by atoms with van der Waals surface area (Å²) in [5, 5.41) is 0.643. The average molecular weight is 373 g/mol. The summed E-state index contributed by atoms with van der Waals surface area (Å²) in [5.41, 5.74) is 0.280. The Bertz CT molecular complexity index is 765. The molecule has 0 aliphatic heterocycles. The van der Waals surface area contributed by atoms with Crippen molar-refractivity contribution >= 4 is 46.7 Å². The molecule has 2 rings (SSSR count). The second-order valence-corrected chi connectivity index (χ2v) is 6.40. The fourth-order valence-electron chi connectivity index (χ4n) is 1.68. The van der Waals surface area contributed by atoms with Crippen molar-refractivity contribution in [3.05, 3.63) is 57.8 Å². The Hall–Kier alpha value is -1.56. The molecule has 2 aromatic carbocycles. The van der Waals surface area contributed by atoms with Crippen LogP contribution in [0.2, 0.25) is 10.0 Å². The number of rotatable bonds is 5. The van der Waals surface area contributed by atoms with E-state index in [4.69, 9.17) is 27.9 Å². The monoisotopic (exact) mass is 372 g/mol. The zero-order chi connectivity index (χ0) is 17.0. The average Bonchev–Trinajstić information content (AvgIpc) is 2.48. The number of benzene rings is 2. The number of Topliss-reactive ketones (excluding diaryl/α,β-unsaturated/α-hetero) is 1. The fourth-order valence-corrected chi connectivity index (χ4v) is 2.82. The Morgan fingerprint density at radius 3 is 2.52 bits per heavy atom. The van der Waals surface area contributed by atoms with Gasteiger partial charge in [-0.2, -0.15) is 0 Å². The fraction of sp³-hybridized carbons (Fsp3) is 0.125. The predicted molar refractivity (Wildman–Crippen MR) is 89.2 cm³/mol. The number of carbonyl (C=O) groups is 2. The Labute approximate surface area is 146 Å². The molecule has 3 nitrogen and oxygen atoms in total. The van der Waals surface area contributed by atoms with Crippen LogP contribution < -0.4 is 4.74 Å². The maximum atomic E-state index is 13.8. The van der Waals surface area contributed by atoms with Crippen molar-refractivity contribution in [2.45, 2.75) is 11.8 Å². The van der Waals surface area contributed by atoms with Crippen molar-refractivity contribution in [3.63, 3.8) is 0 Å². The van der Waals surface area contributed by atoms with Crippen LogP contribution in [0.15, 0.2) is 41.3 Å². The van der Waals surface area contributed by atoms with Gasteiger partial charge in [-0.3, -0.25) is 9.59 Å². The molecule has 0 radical (unpaired) electrons. The molecular formula is C16H11Cl2FO3S. The molecule has 2 aromatic rings. The second kappa shape index (κ2) is 7.81. The summed E-state index contributed by atoms with van der Waals surface area (Å²) in [4.78, 5) is 23.2. The number of ketones is 1. The molecule has 23 heavy (non-hydrogen) atoms. The maximum absolute atomic E-state index is 13.8. The zero-order valence-electron chi connectivity index (χ0n) is 11.9. The van der Waals surface area contributed by atoms with Gasteiger partial charge >= 0.3 is 5.97 Å². The molecule has 0 aliphatic rings. The number of esters is 1. The molecule has 0 spiro atoms. The highest BCUT2D eigenvalue weighted by Gasteiger charge is 2.12. The molecule has 0 amide bonds. The van der Waals surface area contributed by atoms with E-state index < -0.39 is 11.8 Å². The minimum absolute atomic E-state index is 0.102. The quantitative estimate of drug-likeness (QED) is 0.319. The van der Waals surface area contributed by atoms with Gasteiger partial charge < -0.3 is 4.74 Å². The highest BCUT2D eigenvalue weighted by molar-refractivity contribution is 8.00.